The van der Waals surface area contributed by atoms with E-state index in [1.165, 1.54) is 5.70 Å². The third-order valence-corrected chi connectivity index (χ3v) is 5.67. The molecule has 0 aliphatic heterocycles. The van der Waals surface area contributed by atoms with Crippen LogP contribution in [0.1, 0.15) is 19.3 Å². The van der Waals surface area contributed by atoms with Crippen LogP contribution in [-0.4, -0.2) is 11.1 Å². The lowest BCUT2D eigenvalue weighted by atomic mass is 10.2. The van der Waals surface area contributed by atoms with Crippen LogP contribution >= 0.6 is 0 Å². The number of nitrogens with two attached hydrogens (primary N) is 2. The van der Waals surface area contributed by atoms with Crippen molar-refractivity contribution >= 4 is 28.4 Å². The van der Waals surface area contributed by atoms with Crippen LogP contribution in [0.3, 0.4) is 0 Å². The first kappa shape index (κ1) is 23.0. The lowest BCUT2D eigenvalue weighted by Gasteiger charge is -2.15. The molecule has 1 heterocycles. The Morgan fingerprint density at radius 2 is 1.76 bits per heavy atom. The number of hydrogen-bond donors (Lipinski definition) is 5. The largest absolute Gasteiger partial charge is 0.397 e. The molecule has 176 valence electrons. The summed E-state index contributed by atoms with van der Waals surface area (Å²) in [5.74, 6) is 0. The van der Waals surface area contributed by atoms with Gasteiger partial charge in [-0.1, -0.05) is 24.3 Å². The molecule has 0 saturated carbocycles. The van der Waals surface area contributed by atoms with E-state index in [2.05, 4.69) is 68.1 Å². The fraction of sp³-hybridized carbons (Fsp3) is 0.222. The van der Waals surface area contributed by atoms with Crippen molar-refractivity contribution in [2.45, 2.75) is 25.8 Å². The molecule has 7 N–H and O–H groups in total. The van der Waals surface area contributed by atoms with Crippen molar-refractivity contribution in [1.29, 1.82) is 0 Å². The summed E-state index contributed by atoms with van der Waals surface area (Å²) in [4.78, 5) is 0. The number of para-hydroxylation sites is 1. The van der Waals surface area contributed by atoms with Gasteiger partial charge in [-0.3, -0.25) is 0 Å². The van der Waals surface area contributed by atoms with E-state index in [9.17, 15) is 0 Å². The zero-order valence-corrected chi connectivity index (χ0v) is 19.7. The molecule has 0 radical (unpaired) electrons. The van der Waals surface area contributed by atoms with E-state index < -0.39 is 0 Å². The smallest absolute Gasteiger partial charge is 0.243 e. The average molecular weight is 457 g/mol. The number of benzene rings is 2. The number of nitrogens with one attached hydrogen (secondary N) is 3. The normalized spacial score (nSPS) is 13.1. The molecular formula is C27H34N7+. The van der Waals surface area contributed by atoms with Gasteiger partial charge in [-0.05, 0) is 55.3 Å². The fourth-order valence-electron chi connectivity index (χ4n) is 3.83. The molecule has 7 nitrogen and oxygen atoms in total. The highest BCUT2D eigenvalue weighted by Gasteiger charge is 2.08. The van der Waals surface area contributed by atoms with Crippen LogP contribution in [-0.2, 0) is 13.6 Å². The molecule has 0 bridgehead atoms. The second kappa shape index (κ2) is 11.1. The number of aromatic nitrogens is 2. The zero-order valence-electron chi connectivity index (χ0n) is 19.7. The zero-order chi connectivity index (χ0) is 23.8. The Morgan fingerprint density at radius 3 is 2.53 bits per heavy atom. The second-order valence-corrected chi connectivity index (χ2v) is 8.51. The monoisotopic (exact) mass is 456 g/mol. The Labute approximate surface area is 201 Å². The molecule has 7 heteroatoms. The maximum Gasteiger partial charge on any atom is 0.243 e. The minimum Gasteiger partial charge on any atom is -0.397 e. The third kappa shape index (κ3) is 6.45. The highest BCUT2D eigenvalue weighted by atomic mass is 15.1. The summed E-state index contributed by atoms with van der Waals surface area (Å²) >= 11 is 0. The summed E-state index contributed by atoms with van der Waals surface area (Å²) in [5.41, 5.74) is 18.4. The van der Waals surface area contributed by atoms with Crippen molar-refractivity contribution in [3.05, 3.63) is 96.9 Å². The topological polar surface area (TPSA) is 96.9 Å². The lowest BCUT2D eigenvalue weighted by Crippen LogP contribution is -2.23. The molecule has 0 atom stereocenters. The highest BCUT2D eigenvalue weighted by molar-refractivity contribution is 5.84. The lowest BCUT2D eigenvalue weighted by molar-refractivity contribution is -0.671. The molecule has 3 aromatic rings. The minimum absolute atomic E-state index is 0.605. The molecule has 0 amide bonds. The van der Waals surface area contributed by atoms with Gasteiger partial charge < -0.3 is 27.4 Å². The summed E-state index contributed by atoms with van der Waals surface area (Å²) in [6.07, 6.45) is 17.9. The number of aryl methyl sites for hydroxylation is 2. The maximum absolute atomic E-state index is 6.25. The molecule has 1 aliphatic rings. The van der Waals surface area contributed by atoms with Crippen LogP contribution in [0.15, 0.2) is 96.9 Å². The quantitative estimate of drug-likeness (QED) is 0.177. The van der Waals surface area contributed by atoms with E-state index in [1.54, 1.807) is 6.07 Å². The summed E-state index contributed by atoms with van der Waals surface area (Å²) in [6, 6.07) is 13.7. The first-order valence-corrected chi connectivity index (χ1v) is 11.7. The van der Waals surface area contributed by atoms with Gasteiger partial charge in [-0.15, -0.1) is 0 Å². The van der Waals surface area contributed by atoms with E-state index in [0.717, 1.165) is 55.1 Å². The van der Waals surface area contributed by atoms with Gasteiger partial charge in [0.1, 0.15) is 12.4 Å². The van der Waals surface area contributed by atoms with Crippen molar-refractivity contribution in [3.63, 3.8) is 0 Å². The Hall–Kier alpha value is -4.13. The standard InChI is InChI=1S/C27H34N7/c1-33-16-17-34(20-33)15-6-5-14-30-21-10-7-11-23(13-12-21)32-27-19-26(24(28)18-25(27)29)31-22-8-3-2-4-9-22/h2-4,7-9,11-13,16-20,30-32H,5-6,10,14-15,28-29H2,1H3/q+1. The van der Waals surface area contributed by atoms with E-state index in [1.807, 2.05) is 43.4 Å². The minimum atomic E-state index is 0.605. The Morgan fingerprint density at radius 1 is 0.971 bits per heavy atom. The van der Waals surface area contributed by atoms with Gasteiger partial charge in [0.15, 0.2) is 0 Å². The fourth-order valence-corrected chi connectivity index (χ4v) is 3.83. The van der Waals surface area contributed by atoms with Crippen molar-refractivity contribution in [2.24, 2.45) is 7.05 Å². The molecular weight excluding hydrogens is 422 g/mol. The molecule has 0 saturated heterocycles. The van der Waals surface area contributed by atoms with Crippen LogP contribution in [0.25, 0.3) is 0 Å². The van der Waals surface area contributed by atoms with Gasteiger partial charge in [-0.2, -0.15) is 0 Å². The maximum atomic E-state index is 6.25. The molecule has 0 fully saturated rings. The van der Waals surface area contributed by atoms with Crippen LogP contribution in [0.5, 0.6) is 0 Å². The molecule has 2 aromatic carbocycles. The van der Waals surface area contributed by atoms with Gasteiger partial charge in [0.25, 0.3) is 0 Å². The molecule has 1 aromatic heterocycles. The van der Waals surface area contributed by atoms with E-state index in [-0.39, 0.29) is 0 Å². The van der Waals surface area contributed by atoms with Crippen molar-refractivity contribution in [2.75, 3.05) is 28.6 Å². The Balaban J connectivity index is 1.33. The molecule has 0 spiro atoms. The van der Waals surface area contributed by atoms with Crippen LogP contribution in [0, 0.1) is 0 Å². The van der Waals surface area contributed by atoms with Crippen LogP contribution in [0.2, 0.25) is 0 Å². The van der Waals surface area contributed by atoms with Gasteiger partial charge in [0, 0.05) is 30.0 Å². The van der Waals surface area contributed by atoms with Gasteiger partial charge in [0.2, 0.25) is 6.33 Å². The number of anilines is 5. The number of rotatable bonds is 10. The van der Waals surface area contributed by atoms with E-state index in [4.69, 9.17) is 11.5 Å². The number of nitrogen functional groups attached to an aromatic ring is 2. The predicted molar refractivity (Wildman–Crippen MR) is 141 cm³/mol. The molecule has 34 heavy (non-hydrogen) atoms. The van der Waals surface area contributed by atoms with Gasteiger partial charge >= 0.3 is 0 Å². The SMILES string of the molecule is C[n+]1ccn(CCCCNC2=CC=C(Nc3cc(Nc4ccccc4)c(N)cc3N)C=CC2)c1. The van der Waals surface area contributed by atoms with E-state index >= 15 is 0 Å². The molecule has 4 rings (SSSR count). The summed E-state index contributed by atoms with van der Waals surface area (Å²) in [7, 11) is 2.04. The Kier molecular flexibility index (Phi) is 7.55. The first-order valence-electron chi connectivity index (χ1n) is 11.7. The highest BCUT2D eigenvalue weighted by Crippen LogP contribution is 2.32. The van der Waals surface area contributed by atoms with Crippen molar-refractivity contribution in [1.82, 2.24) is 9.88 Å². The van der Waals surface area contributed by atoms with Crippen LogP contribution in [0.4, 0.5) is 28.4 Å². The predicted octanol–water partition coefficient (Wildman–Crippen LogP) is 4.43. The summed E-state index contributed by atoms with van der Waals surface area (Å²) in [5, 5.41) is 10.4. The molecule has 1 aliphatic carbocycles. The summed E-state index contributed by atoms with van der Waals surface area (Å²) in [6.45, 7) is 2.00. The third-order valence-electron chi connectivity index (χ3n) is 5.67. The number of unbranched alkanes of at least 4 members (excludes halogenated alkanes) is 1. The number of nitrogens with zero attached hydrogens (tertiary/aromatic N) is 2. The van der Waals surface area contributed by atoms with Crippen molar-refractivity contribution < 1.29 is 4.57 Å². The Bertz CT molecular complexity index is 1190. The number of imidazole rings is 1. The van der Waals surface area contributed by atoms with Gasteiger partial charge in [0.05, 0.1) is 36.3 Å². The molecule has 0 unspecified atom stereocenters. The average Bonchev–Trinajstić information content (AvgIpc) is 3.11. The first-order chi connectivity index (χ1) is 16.6. The second-order valence-electron chi connectivity index (χ2n) is 8.51. The van der Waals surface area contributed by atoms with Crippen LogP contribution < -0.4 is 32.0 Å². The van der Waals surface area contributed by atoms with E-state index in [0.29, 0.717) is 11.4 Å². The van der Waals surface area contributed by atoms with Gasteiger partial charge in [-0.25, -0.2) is 9.13 Å². The summed E-state index contributed by atoms with van der Waals surface area (Å²) < 4.78 is 4.29. The number of allylic oxidation sites excluding steroid dienone is 4. The van der Waals surface area contributed by atoms with Crippen molar-refractivity contribution in [3.8, 4) is 0 Å². The number of hydrogen-bond acceptors (Lipinski definition) is 5.